The lowest BCUT2D eigenvalue weighted by atomic mass is 10.2. The Morgan fingerprint density at radius 1 is 1.00 bits per heavy atom. The lowest BCUT2D eigenvalue weighted by Gasteiger charge is -2.28. The van der Waals surface area contributed by atoms with Gasteiger partial charge >= 0.3 is 0 Å². The maximum absolute atomic E-state index is 12.6. The standard InChI is InChI=1S/C23H32N6O3S/c30-21(24-18-5-7-19(8-6-18)27-9-1-2-10-27)17-33-23-26-25-22(28-11-14-31-15-12-28)29(23)16-20-4-3-13-32-20/h5-8,20H,1-4,9-17H2,(H,24,30). The first kappa shape index (κ1) is 22.5. The fraction of sp³-hybridized carbons (Fsp3) is 0.609. The van der Waals surface area contributed by atoms with Crippen molar-refractivity contribution in [2.24, 2.45) is 0 Å². The van der Waals surface area contributed by atoms with Crippen molar-refractivity contribution < 1.29 is 14.3 Å². The average Bonchev–Trinajstić information content (AvgIpc) is 3.62. The summed E-state index contributed by atoms with van der Waals surface area (Å²) in [5.74, 6) is 1.07. The summed E-state index contributed by atoms with van der Waals surface area (Å²) in [5, 5.41) is 12.6. The van der Waals surface area contributed by atoms with Crippen LogP contribution >= 0.6 is 11.8 Å². The van der Waals surface area contributed by atoms with Gasteiger partial charge in [0.15, 0.2) is 5.16 Å². The number of rotatable bonds is 8. The number of amides is 1. The van der Waals surface area contributed by atoms with Gasteiger partial charge in [-0.1, -0.05) is 11.8 Å². The number of hydrogen-bond acceptors (Lipinski definition) is 8. The molecular weight excluding hydrogens is 440 g/mol. The summed E-state index contributed by atoms with van der Waals surface area (Å²) in [6.45, 7) is 6.71. The van der Waals surface area contributed by atoms with Gasteiger partial charge in [0.1, 0.15) is 0 Å². The summed E-state index contributed by atoms with van der Waals surface area (Å²) in [5.41, 5.74) is 2.04. The van der Waals surface area contributed by atoms with Gasteiger partial charge in [-0.3, -0.25) is 9.36 Å². The van der Waals surface area contributed by atoms with E-state index in [1.807, 2.05) is 12.1 Å². The minimum atomic E-state index is -0.0477. The molecule has 3 aliphatic heterocycles. The number of aromatic nitrogens is 3. The van der Waals surface area contributed by atoms with Crippen LogP contribution in [0.4, 0.5) is 17.3 Å². The number of morpholine rings is 1. The lowest BCUT2D eigenvalue weighted by Crippen LogP contribution is -2.38. The van der Waals surface area contributed by atoms with E-state index in [4.69, 9.17) is 9.47 Å². The maximum Gasteiger partial charge on any atom is 0.234 e. The number of nitrogens with zero attached hydrogens (tertiary/aromatic N) is 5. The van der Waals surface area contributed by atoms with Crippen LogP contribution in [-0.2, 0) is 20.8 Å². The zero-order chi connectivity index (χ0) is 22.5. The predicted molar refractivity (Wildman–Crippen MR) is 129 cm³/mol. The molecule has 1 N–H and O–H groups in total. The second-order valence-corrected chi connectivity index (χ2v) is 9.65. The highest BCUT2D eigenvalue weighted by Crippen LogP contribution is 2.26. The zero-order valence-corrected chi connectivity index (χ0v) is 19.8. The van der Waals surface area contributed by atoms with Crippen molar-refractivity contribution in [3.05, 3.63) is 24.3 Å². The van der Waals surface area contributed by atoms with Crippen LogP contribution in [0.5, 0.6) is 0 Å². The third kappa shape index (κ3) is 5.62. The van der Waals surface area contributed by atoms with Crippen LogP contribution < -0.4 is 15.1 Å². The Kier molecular flexibility index (Phi) is 7.33. The van der Waals surface area contributed by atoms with Crippen molar-refractivity contribution in [1.29, 1.82) is 0 Å². The van der Waals surface area contributed by atoms with E-state index in [0.717, 1.165) is 62.4 Å². The summed E-state index contributed by atoms with van der Waals surface area (Å²) in [4.78, 5) is 17.2. The van der Waals surface area contributed by atoms with Gasteiger partial charge in [-0.2, -0.15) is 0 Å². The quantitative estimate of drug-likeness (QED) is 0.587. The van der Waals surface area contributed by atoms with Gasteiger partial charge in [0, 0.05) is 44.2 Å². The molecular formula is C23H32N6O3S. The van der Waals surface area contributed by atoms with E-state index in [-0.39, 0.29) is 17.8 Å². The van der Waals surface area contributed by atoms with Crippen molar-refractivity contribution in [3.63, 3.8) is 0 Å². The molecule has 1 amide bonds. The van der Waals surface area contributed by atoms with E-state index in [9.17, 15) is 4.79 Å². The molecule has 10 heteroatoms. The molecule has 1 aromatic carbocycles. The van der Waals surface area contributed by atoms with Crippen LogP contribution in [0.3, 0.4) is 0 Å². The molecule has 0 aliphatic carbocycles. The first-order valence-electron chi connectivity index (χ1n) is 11.9. The molecule has 2 aromatic rings. The highest BCUT2D eigenvalue weighted by atomic mass is 32.2. The molecule has 1 atom stereocenters. The minimum Gasteiger partial charge on any atom is -0.378 e. The predicted octanol–water partition coefficient (Wildman–Crippen LogP) is 2.62. The number of hydrogen-bond donors (Lipinski definition) is 1. The van der Waals surface area contributed by atoms with Crippen LogP contribution in [0.2, 0.25) is 0 Å². The van der Waals surface area contributed by atoms with Crippen LogP contribution in [-0.4, -0.2) is 78.5 Å². The molecule has 0 radical (unpaired) electrons. The third-order valence-corrected chi connectivity index (χ3v) is 7.32. The van der Waals surface area contributed by atoms with E-state index < -0.39 is 0 Å². The topological polar surface area (TPSA) is 84.8 Å². The van der Waals surface area contributed by atoms with E-state index in [2.05, 4.69) is 42.0 Å². The molecule has 5 rings (SSSR count). The second kappa shape index (κ2) is 10.8. The van der Waals surface area contributed by atoms with Crippen LogP contribution in [0.25, 0.3) is 0 Å². The van der Waals surface area contributed by atoms with Gasteiger partial charge in [-0.05, 0) is 49.9 Å². The first-order valence-corrected chi connectivity index (χ1v) is 12.9. The lowest BCUT2D eigenvalue weighted by molar-refractivity contribution is -0.113. The minimum absolute atomic E-state index is 0.0477. The number of thioether (sulfide) groups is 1. The first-order chi connectivity index (χ1) is 16.3. The molecule has 3 aliphatic rings. The molecule has 9 nitrogen and oxygen atoms in total. The Labute approximate surface area is 198 Å². The van der Waals surface area contributed by atoms with Gasteiger partial charge < -0.3 is 24.6 Å². The molecule has 33 heavy (non-hydrogen) atoms. The van der Waals surface area contributed by atoms with E-state index in [1.165, 1.54) is 30.3 Å². The van der Waals surface area contributed by atoms with Gasteiger partial charge in [0.05, 0.1) is 31.6 Å². The zero-order valence-electron chi connectivity index (χ0n) is 18.9. The highest BCUT2D eigenvalue weighted by molar-refractivity contribution is 7.99. The monoisotopic (exact) mass is 472 g/mol. The fourth-order valence-electron chi connectivity index (χ4n) is 4.59. The number of benzene rings is 1. The number of anilines is 3. The average molecular weight is 473 g/mol. The van der Waals surface area contributed by atoms with Gasteiger partial charge in [-0.15, -0.1) is 10.2 Å². The van der Waals surface area contributed by atoms with Crippen molar-refractivity contribution >= 4 is 35.0 Å². The molecule has 3 saturated heterocycles. The van der Waals surface area contributed by atoms with Gasteiger partial charge in [0.25, 0.3) is 0 Å². The van der Waals surface area contributed by atoms with E-state index in [0.29, 0.717) is 19.8 Å². The van der Waals surface area contributed by atoms with Crippen molar-refractivity contribution in [1.82, 2.24) is 14.8 Å². The molecule has 4 heterocycles. The fourth-order valence-corrected chi connectivity index (χ4v) is 5.34. The molecule has 3 fully saturated rings. The summed E-state index contributed by atoms with van der Waals surface area (Å²) in [6, 6.07) is 8.13. The number of carbonyl (C=O) groups excluding carboxylic acids is 1. The summed E-state index contributed by atoms with van der Waals surface area (Å²) >= 11 is 1.42. The summed E-state index contributed by atoms with van der Waals surface area (Å²) < 4.78 is 13.5. The molecule has 0 saturated carbocycles. The largest absolute Gasteiger partial charge is 0.378 e. The summed E-state index contributed by atoms with van der Waals surface area (Å²) in [6.07, 6.45) is 4.80. The van der Waals surface area contributed by atoms with Crippen LogP contribution in [0, 0.1) is 0 Å². The maximum atomic E-state index is 12.6. The number of ether oxygens (including phenoxy) is 2. The molecule has 1 aromatic heterocycles. The molecule has 0 spiro atoms. The third-order valence-electron chi connectivity index (χ3n) is 6.36. The normalized spacial score (nSPS) is 21.0. The van der Waals surface area contributed by atoms with Crippen molar-refractivity contribution in [3.8, 4) is 0 Å². The summed E-state index contributed by atoms with van der Waals surface area (Å²) in [7, 11) is 0. The van der Waals surface area contributed by atoms with E-state index >= 15 is 0 Å². The van der Waals surface area contributed by atoms with Crippen molar-refractivity contribution in [2.75, 3.05) is 66.9 Å². The van der Waals surface area contributed by atoms with Gasteiger partial charge in [0.2, 0.25) is 11.9 Å². The molecule has 1 unspecified atom stereocenters. The number of nitrogens with one attached hydrogen (secondary N) is 1. The Balaban J connectivity index is 1.21. The second-order valence-electron chi connectivity index (χ2n) is 8.71. The molecule has 178 valence electrons. The van der Waals surface area contributed by atoms with Gasteiger partial charge in [-0.25, -0.2) is 0 Å². The Bertz CT molecular complexity index is 919. The van der Waals surface area contributed by atoms with E-state index in [1.54, 1.807) is 0 Å². The Hall–Kier alpha value is -2.30. The SMILES string of the molecule is O=C(CSc1nnc(N2CCOCC2)n1CC1CCCO1)Nc1ccc(N2CCCC2)cc1. The van der Waals surface area contributed by atoms with Crippen LogP contribution in [0.1, 0.15) is 25.7 Å². The smallest absolute Gasteiger partial charge is 0.234 e. The van der Waals surface area contributed by atoms with Crippen molar-refractivity contribution in [2.45, 2.75) is 43.5 Å². The highest BCUT2D eigenvalue weighted by Gasteiger charge is 2.25. The Morgan fingerprint density at radius 2 is 1.79 bits per heavy atom. The van der Waals surface area contributed by atoms with Crippen LogP contribution in [0.15, 0.2) is 29.4 Å². The Morgan fingerprint density at radius 3 is 2.52 bits per heavy atom. The number of carbonyl (C=O) groups is 1. The molecule has 0 bridgehead atoms.